The molecule has 0 saturated heterocycles. The summed E-state index contributed by atoms with van der Waals surface area (Å²) in [6.45, 7) is 6.72. The van der Waals surface area contributed by atoms with Crippen LogP contribution in [0.1, 0.15) is 37.5 Å². The Kier molecular flexibility index (Phi) is 10.7. The molecule has 41 heavy (non-hydrogen) atoms. The maximum absolute atomic E-state index is 14.1. The third-order valence-corrected chi connectivity index (χ3v) is 8.38. The molecule has 0 aliphatic rings. The minimum Gasteiger partial charge on any atom is -0.350 e. The minimum absolute atomic E-state index is 0.0594. The molecule has 0 radical (unpaired) electrons. The average molecular weight is 639 g/mol. The zero-order chi connectivity index (χ0) is 30.5. The number of carbonyl (C=O) groups excluding carboxylic acids is 2. The number of sulfonamides is 1. The number of nitrogens with one attached hydrogen (secondary N) is 1. The lowest BCUT2D eigenvalue weighted by atomic mass is 10.0. The lowest BCUT2D eigenvalue weighted by Gasteiger charge is -2.35. The fourth-order valence-electron chi connectivity index (χ4n) is 4.19. The summed E-state index contributed by atoms with van der Waals surface area (Å²) in [5, 5.41) is 4.07. The van der Waals surface area contributed by atoms with E-state index in [0.29, 0.717) is 20.6 Å². The van der Waals surface area contributed by atoms with Crippen molar-refractivity contribution in [3.63, 3.8) is 0 Å². The summed E-state index contributed by atoms with van der Waals surface area (Å²) in [4.78, 5) is 29.3. The van der Waals surface area contributed by atoms with E-state index in [1.807, 2.05) is 51.1 Å². The van der Waals surface area contributed by atoms with Crippen molar-refractivity contribution < 1.29 is 18.0 Å². The van der Waals surface area contributed by atoms with E-state index in [0.717, 1.165) is 21.7 Å². The number of rotatable bonds is 10. The Morgan fingerprint density at radius 2 is 1.59 bits per heavy atom. The maximum atomic E-state index is 14.1. The quantitative estimate of drug-likeness (QED) is 0.283. The molecule has 3 aromatic carbocycles. The van der Waals surface area contributed by atoms with Crippen LogP contribution < -0.4 is 9.62 Å². The van der Waals surface area contributed by atoms with Crippen molar-refractivity contribution in [3.8, 4) is 0 Å². The Bertz CT molecular complexity index is 1510. The fraction of sp³-hybridized carbons (Fsp3) is 0.333. The first-order chi connectivity index (χ1) is 19.0. The molecular weight excluding hydrogens is 605 g/mol. The third-order valence-electron chi connectivity index (χ3n) is 6.25. The van der Waals surface area contributed by atoms with E-state index in [9.17, 15) is 18.0 Å². The van der Waals surface area contributed by atoms with Crippen LogP contribution in [0.2, 0.25) is 15.1 Å². The van der Waals surface area contributed by atoms with Gasteiger partial charge in [0.2, 0.25) is 21.8 Å². The van der Waals surface area contributed by atoms with Gasteiger partial charge in [-0.1, -0.05) is 77.3 Å². The standard InChI is InChI=1S/C30H34Cl3N3O4S/c1-20-11-14-24(17-25(20)32)36(41(5,39)40)19-28(37)35(18-22-12-13-23(31)16-26(22)33)27(29(38)34-30(2,3)4)15-21-9-7-6-8-10-21/h6-14,16-17,27H,15,18-19H2,1-5H3,(H,34,38). The molecule has 0 aliphatic heterocycles. The van der Waals surface area contributed by atoms with Gasteiger partial charge in [-0.2, -0.15) is 0 Å². The predicted molar refractivity (Wildman–Crippen MR) is 167 cm³/mol. The van der Waals surface area contributed by atoms with Gasteiger partial charge in [0.1, 0.15) is 12.6 Å². The minimum atomic E-state index is -3.91. The van der Waals surface area contributed by atoms with Gasteiger partial charge >= 0.3 is 0 Å². The van der Waals surface area contributed by atoms with Gasteiger partial charge < -0.3 is 10.2 Å². The molecule has 1 unspecified atom stereocenters. The average Bonchev–Trinajstić information content (AvgIpc) is 2.86. The Morgan fingerprint density at radius 1 is 0.927 bits per heavy atom. The van der Waals surface area contributed by atoms with Gasteiger partial charge in [-0.3, -0.25) is 13.9 Å². The number of amides is 2. The number of hydrogen-bond donors (Lipinski definition) is 1. The second kappa shape index (κ2) is 13.5. The summed E-state index contributed by atoms with van der Waals surface area (Å²) in [7, 11) is -3.91. The SMILES string of the molecule is Cc1ccc(N(CC(=O)N(Cc2ccc(Cl)cc2Cl)C(Cc2ccccc2)C(=O)NC(C)(C)C)S(C)(=O)=O)cc1Cl. The third kappa shape index (κ3) is 9.36. The van der Waals surface area contributed by atoms with Crippen LogP contribution in [0.25, 0.3) is 0 Å². The maximum Gasteiger partial charge on any atom is 0.244 e. The molecule has 0 aliphatic carbocycles. The highest BCUT2D eigenvalue weighted by Crippen LogP contribution is 2.27. The van der Waals surface area contributed by atoms with Gasteiger partial charge in [-0.15, -0.1) is 0 Å². The number of benzene rings is 3. The number of anilines is 1. The van der Waals surface area contributed by atoms with Crippen LogP contribution in [-0.4, -0.2) is 49.5 Å². The van der Waals surface area contributed by atoms with E-state index in [2.05, 4.69) is 5.32 Å². The molecule has 0 bridgehead atoms. The van der Waals surface area contributed by atoms with E-state index < -0.39 is 34.1 Å². The molecule has 220 valence electrons. The molecule has 3 rings (SSSR count). The predicted octanol–water partition coefficient (Wildman–Crippen LogP) is 6.28. The molecule has 1 atom stereocenters. The summed E-state index contributed by atoms with van der Waals surface area (Å²) >= 11 is 18.9. The van der Waals surface area contributed by atoms with Gasteiger partial charge in [0, 0.05) is 33.6 Å². The summed E-state index contributed by atoms with van der Waals surface area (Å²) in [5.41, 5.74) is 1.79. The Balaban J connectivity index is 2.11. The topological polar surface area (TPSA) is 86.8 Å². The first kappa shape index (κ1) is 32.7. The van der Waals surface area contributed by atoms with E-state index >= 15 is 0 Å². The van der Waals surface area contributed by atoms with Crippen molar-refractivity contribution in [1.82, 2.24) is 10.2 Å². The second-order valence-corrected chi connectivity index (χ2v) is 14.1. The smallest absolute Gasteiger partial charge is 0.244 e. The van der Waals surface area contributed by atoms with Gasteiger partial charge in [-0.25, -0.2) is 8.42 Å². The number of halogens is 3. The van der Waals surface area contributed by atoms with E-state index in [4.69, 9.17) is 34.8 Å². The molecule has 3 aromatic rings. The zero-order valence-corrected chi connectivity index (χ0v) is 26.7. The van der Waals surface area contributed by atoms with Crippen LogP contribution in [0.3, 0.4) is 0 Å². The summed E-state index contributed by atoms with van der Waals surface area (Å²) in [5.74, 6) is -0.979. The normalized spacial score (nSPS) is 12.5. The second-order valence-electron chi connectivity index (χ2n) is 10.9. The van der Waals surface area contributed by atoms with Crippen molar-refractivity contribution in [2.24, 2.45) is 0 Å². The van der Waals surface area contributed by atoms with Crippen molar-refractivity contribution in [2.75, 3.05) is 17.1 Å². The van der Waals surface area contributed by atoms with Crippen molar-refractivity contribution in [3.05, 3.63) is 98.5 Å². The Labute approximate surface area is 257 Å². The molecular formula is C30H34Cl3N3O4S. The van der Waals surface area contributed by atoms with Crippen LogP contribution in [-0.2, 0) is 32.6 Å². The monoisotopic (exact) mass is 637 g/mol. The highest BCUT2D eigenvalue weighted by molar-refractivity contribution is 7.92. The van der Waals surface area contributed by atoms with E-state index in [1.165, 1.54) is 11.0 Å². The van der Waals surface area contributed by atoms with Crippen molar-refractivity contribution in [2.45, 2.75) is 52.2 Å². The Morgan fingerprint density at radius 3 is 2.15 bits per heavy atom. The summed E-state index contributed by atoms with van der Waals surface area (Å²) in [6, 6.07) is 18.0. The zero-order valence-electron chi connectivity index (χ0n) is 23.6. The molecule has 1 N–H and O–H groups in total. The fourth-order valence-corrected chi connectivity index (χ4v) is 5.68. The van der Waals surface area contributed by atoms with Gasteiger partial charge in [0.05, 0.1) is 11.9 Å². The molecule has 0 fully saturated rings. The van der Waals surface area contributed by atoms with Gasteiger partial charge in [0.25, 0.3) is 0 Å². The molecule has 7 nitrogen and oxygen atoms in total. The molecule has 0 aromatic heterocycles. The number of aryl methyl sites for hydroxylation is 1. The van der Waals surface area contributed by atoms with E-state index in [-0.39, 0.29) is 24.6 Å². The summed E-state index contributed by atoms with van der Waals surface area (Å²) in [6.07, 6.45) is 1.21. The van der Waals surface area contributed by atoms with Crippen molar-refractivity contribution >= 4 is 62.3 Å². The highest BCUT2D eigenvalue weighted by Gasteiger charge is 2.34. The molecule has 2 amide bonds. The van der Waals surface area contributed by atoms with Crippen LogP contribution >= 0.6 is 34.8 Å². The molecule has 11 heteroatoms. The number of carbonyl (C=O) groups is 2. The number of hydrogen-bond acceptors (Lipinski definition) is 4. The van der Waals surface area contributed by atoms with E-state index in [1.54, 1.807) is 37.3 Å². The molecule has 0 saturated carbocycles. The highest BCUT2D eigenvalue weighted by atomic mass is 35.5. The molecule has 0 heterocycles. The largest absolute Gasteiger partial charge is 0.350 e. The van der Waals surface area contributed by atoms with Crippen LogP contribution in [0.15, 0.2) is 66.7 Å². The number of nitrogens with zero attached hydrogens (tertiary/aromatic N) is 2. The first-order valence-electron chi connectivity index (χ1n) is 12.9. The lowest BCUT2D eigenvalue weighted by molar-refractivity contribution is -0.140. The lowest BCUT2D eigenvalue weighted by Crippen LogP contribution is -2.56. The summed E-state index contributed by atoms with van der Waals surface area (Å²) < 4.78 is 26.8. The van der Waals surface area contributed by atoms with Crippen molar-refractivity contribution in [1.29, 1.82) is 0 Å². The van der Waals surface area contributed by atoms with Crippen LogP contribution in [0, 0.1) is 6.92 Å². The van der Waals surface area contributed by atoms with Crippen LogP contribution in [0.4, 0.5) is 5.69 Å². The van der Waals surface area contributed by atoms with Gasteiger partial charge in [0.15, 0.2) is 0 Å². The molecule has 0 spiro atoms. The first-order valence-corrected chi connectivity index (χ1v) is 15.9. The Hall–Kier alpha value is -2.78. The van der Waals surface area contributed by atoms with Crippen LogP contribution in [0.5, 0.6) is 0 Å². The van der Waals surface area contributed by atoms with Gasteiger partial charge in [-0.05, 0) is 68.7 Å².